The summed E-state index contributed by atoms with van der Waals surface area (Å²) in [6.07, 6.45) is 7.15. The molecule has 1 fully saturated rings. The number of aromatic nitrogens is 2. The van der Waals surface area contributed by atoms with Crippen molar-refractivity contribution in [1.82, 2.24) is 14.9 Å². The Morgan fingerprint density at radius 1 is 1.56 bits per heavy atom. The van der Waals surface area contributed by atoms with E-state index in [9.17, 15) is 0 Å². The van der Waals surface area contributed by atoms with Crippen LogP contribution in [0.15, 0.2) is 23.8 Å². The molecule has 1 unspecified atom stereocenters. The van der Waals surface area contributed by atoms with Crippen LogP contribution in [0.1, 0.15) is 35.1 Å². The molecule has 1 N–H and O–H groups in total. The maximum Gasteiger partial charge on any atom is 0.0898 e. The third-order valence-electron chi connectivity index (χ3n) is 3.55. The fraction of sp³-hybridized carbons (Fsp3) is 0.500. The largest absolute Gasteiger partial charge is 0.348 e. The number of hydrogen-bond acceptors (Lipinski definition) is 3. The molecule has 0 bridgehead atoms. The average molecular weight is 261 g/mol. The van der Waals surface area contributed by atoms with Crippen LogP contribution in [0.2, 0.25) is 0 Å². The lowest BCUT2D eigenvalue weighted by molar-refractivity contribution is 0.528. The second kappa shape index (κ2) is 4.86. The Balaban J connectivity index is 1.72. The first-order valence-electron chi connectivity index (χ1n) is 6.50. The molecule has 1 atom stereocenters. The van der Waals surface area contributed by atoms with E-state index in [0.29, 0.717) is 6.04 Å². The van der Waals surface area contributed by atoms with E-state index in [1.807, 2.05) is 0 Å². The van der Waals surface area contributed by atoms with Crippen LogP contribution in [-0.2, 0) is 6.54 Å². The molecule has 0 aromatic carbocycles. The molecule has 0 amide bonds. The standard InChI is InChI=1S/C14H19N3S/c1-10-16-13(9-18-10)8-17-6-5-12(7-17)14(15-2)11-3-4-11/h5-7,9,11,14-15H,3-4,8H2,1-2H3. The van der Waals surface area contributed by atoms with E-state index < -0.39 is 0 Å². The minimum absolute atomic E-state index is 0.531. The normalized spacial score (nSPS) is 17.0. The molecular weight excluding hydrogens is 242 g/mol. The van der Waals surface area contributed by atoms with E-state index in [1.165, 1.54) is 18.4 Å². The van der Waals surface area contributed by atoms with Gasteiger partial charge in [-0.2, -0.15) is 0 Å². The minimum Gasteiger partial charge on any atom is -0.348 e. The second-order valence-corrected chi connectivity index (χ2v) is 6.14. The van der Waals surface area contributed by atoms with Crippen LogP contribution >= 0.6 is 11.3 Å². The van der Waals surface area contributed by atoms with Gasteiger partial charge in [0.2, 0.25) is 0 Å². The molecule has 18 heavy (non-hydrogen) atoms. The zero-order valence-corrected chi connectivity index (χ0v) is 11.7. The molecule has 0 saturated heterocycles. The van der Waals surface area contributed by atoms with Gasteiger partial charge in [0.15, 0.2) is 0 Å². The summed E-state index contributed by atoms with van der Waals surface area (Å²) in [5, 5.41) is 6.72. The highest BCUT2D eigenvalue weighted by molar-refractivity contribution is 7.09. The summed E-state index contributed by atoms with van der Waals surface area (Å²) in [7, 11) is 2.06. The summed E-state index contributed by atoms with van der Waals surface area (Å²) >= 11 is 1.72. The molecule has 4 heteroatoms. The molecule has 3 rings (SSSR count). The highest BCUT2D eigenvalue weighted by Crippen LogP contribution is 2.40. The maximum atomic E-state index is 4.51. The van der Waals surface area contributed by atoms with Crippen molar-refractivity contribution in [3.8, 4) is 0 Å². The fourth-order valence-electron chi connectivity index (χ4n) is 2.51. The summed E-state index contributed by atoms with van der Waals surface area (Å²) in [6, 6.07) is 2.77. The minimum atomic E-state index is 0.531. The van der Waals surface area contributed by atoms with E-state index >= 15 is 0 Å². The van der Waals surface area contributed by atoms with Gasteiger partial charge in [-0.3, -0.25) is 0 Å². The Morgan fingerprint density at radius 3 is 3.00 bits per heavy atom. The molecule has 1 aliphatic carbocycles. The van der Waals surface area contributed by atoms with Crippen molar-refractivity contribution in [2.45, 2.75) is 32.4 Å². The molecule has 0 spiro atoms. The first-order chi connectivity index (χ1) is 8.76. The predicted octanol–water partition coefficient (Wildman–Crippen LogP) is 2.97. The van der Waals surface area contributed by atoms with Crippen molar-refractivity contribution >= 4 is 11.3 Å². The van der Waals surface area contributed by atoms with Gasteiger partial charge in [0.1, 0.15) is 0 Å². The number of aryl methyl sites for hydroxylation is 1. The van der Waals surface area contributed by atoms with Gasteiger partial charge in [0, 0.05) is 23.8 Å². The summed E-state index contributed by atoms with van der Waals surface area (Å²) in [6.45, 7) is 2.94. The highest BCUT2D eigenvalue weighted by atomic mass is 32.1. The molecule has 2 heterocycles. The molecule has 96 valence electrons. The highest BCUT2D eigenvalue weighted by Gasteiger charge is 2.31. The summed E-state index contributed by atoms with van der Waals surface area (Å²) in [5.74, 6) is 0.840. The van der Waals surface area contributed by atoms with E-state index in [-0.39, 0.29) is 0 Å². The van der Waals surface area contributed by atoms with E-state index in [0.717, 1.165) is 23.2 Å². The van der Waals surface area contributed by atoms with Crippen LogP contribution in [-0.4, -0.2) is 16.6 Å². The molecule has 2 aromatic heterocycles. The Kier molecular flexibility index (Phi) is 3.22. The second-order valence-electron chi connectivity index (χ2n) is 5.08. The number of thiazole rings is 1. The van der Waals surface area contributed by atoms with Gasteiger partial charge < -0.3 is 9.88 Å². The number of rotatable bonds is 5. The Bertz CT molecular complexity index is 525. The molecular formula is C14H19N3S. The molecule has 1 saturated carbocycles. The third kappa shape index (κ3) is 2.49. The van der Waals surface area contributed by atoms with Crippen LogP contribution < -0.4 is 5.32 Å². The summed E-state index contributed by atoms with van der Waals surface area (Å²) in [4.78, 5) is 4.51. The lowest BCUT2D eigenvalue weighted by Gasteiger charge is -2.13. The van der Waals surface area contributed by atoms with Crippen LogP contribution in [0, 0.1) is 12.8 Å². The monoisotopic (exact) mass is 261 g/mol. The van der Waals surface area contributed by atoms with Crippen molar-refractivity contribution in [2.24, 2.45) is 5.92 Å². The number of nitrogens with zero attached hydrogens (tertiary/aromatic N) is 2. The average Bonchev–Trinajstić information content (AvgIpc) is 2.94. The first-order valence-corrected chi connectivity index (χ1v) is 7.38. The van der Waals surface area contributed by atoms with Crippen LogP contribution in [0.5, 0.6) is 0 Å². The van der Waals surface area contributed by atoms with Crippen LogP contribution in [0.4, 0.5) is 0 Å². The molecule has 0 aliphatic heterocycles. The first kappa shape index (κ1) is 11.9. The maximum absolute atomic E-state index is 4.51. The van der Waals surface area contributed by atoms with Crippen LogP contribution in [0.3, 0.4) is 0 Å². The molecule has 3 nitrogen and oxygen atoms in total. The van der Waals surface area contributed by atoms with Crippen LogP contribution in [0.25, 0.3) is 0 Å². The summed E-state index contributed by atoms with van der Waals surface area (Å²) < 4.78 is 2.23. The quantitative estimate of drug-likeness (QED) is 0.896. The lowest BCUT2D eigenvalue weighted by atomic mass is 10.1. The lowest BCUT2D eigenvalue weighted by Crippen LogP contribution is -2.17. The Morgan fingerprint density at radius 2 is 2.39 bits per heavy atom. The van der Waals surface area contributed by atoms with Crippen molar-refractivity contribution < 1.29 is 0 Å². The van der Waals surface area contributed by atoms with Crippen molar-refractivity contribution in [3.63, 3.8) is 0 Å². The van der Waals surface area contributed by atoms with E-state index in [2.05, 4.69) is 52.7 Å². The molecule has 2 aromatic rings. The van der Waals surface area contributed by atoms with E-state index in [1.54, 1.807) is 11.3 Å². The number of nitrogens with one attached hydrogen (secondary N) is 1. The van der Waals surface area contributed by atoms with Gasteiger partial charge in [0.25, 0.3) is 0 Å². The zero-order chi connectivity index (χ0) is 12.5. The number of hydrogen-bond donors (Lipinski definition) is 1. The predicted molar refractivity (Wildman–Crippen MR) is 74.9 cm³/mol. The van der Waals surface area contributed by atoms with Gasteiger partial charge >= 0.3 is 0 Å². The van der Waals surface area contributed by atoms with Gasteiger partial charge in [-0.05, 0) is 44.4 Å². The van der Waals surface area contributed by atoms with Crippen molar-refractivity contribution in [3.05, 3.63) is 40.1 Å². The third-order valence-corrected chi connectivity index (χ3v) is 4.37. The Hall–Kier alpha value is -1.13. The van der Waals surface area contributed by atoms with Gasteiger partial charge in [0.05, 0.1) is 17.2 Å². The SMILES string of the molecule is CNC(c1ccn(Cc2csc(C)n2)c1)C1CC1. The van der Waals surface area contributed by atoms with Crippen molar-refractivity contribution in [1.29, 1.82) is 0 Å². The van der Waals surface area contributed by atoms with E-state index in [4.69, 9.17) is 0 Å². The van der Waals surface area contributed by atoms with Gasteiger partial charge in [-0.15, -0.1) is 11.3 Å². The molecule has 0 radical (unpaired) electrons. The summed E-state index contributed by atoms with van der Waals surface area (Å²) in [5.41, 5.74) is 2.57. The smallest absolute Gasteiger partial charge is 0.0898 e. The van der Waals surface area contributed by atoms with Crippen molar-refractivity contribution in [2.75, 3.05) is 7.05 Å². The fourth-order valence-corrected chi connectivity index (χ4v) is 3.12. The van der Waals surface area contributed by atoms with Gasteiger partial charge in [-0.25, -0.2) is 4.98 Å². The Labute approximate surface area is 112 Å². The van der Waals surface area contributed by atoms with Gasteiger partial charge in [-0.1, -0.05) is 0 Å². The molecule has 1 aliphatic rings. The topological polar surface area (TPSA) is 29.9 Å². The zero-order valence-electron chi connectivity index (χ0n) is 10.9.